The lowest BCUT2D eigenvalue weighted by atomic mass is 10.1. The number of aryl methyl sites for hydroxylation is 1. The maximum atomic E-state index is 13.3. The van der Waals surface area contributed by atoms with Gasteiger partial charge in [-0.1, -0.05) is 23.7 Å². The lowest BCUT2D eigenvalue weighted by molar-refractivity contribution is -0.151. The van der Waals surface area contributed by atoms with Gasteiger partial charge in [0, 0.05) is 10.6 Å². The summed E-state index contributed by atoms with van der Waals surface area (Å²) in [4.78, 5) is 5.09. The standard InChI is InChI=1S/C14H13ClF3NO/c1-3-20-19-9(2)8-12(13(19)14(16,17)18)10-4-6-11(15)7-5-10/h4-8H,3H2,1-2H3. The molecule has 0 fully saturated rings. The van der Waals surface area contributed by atoms with E-state index in [9.17, 15) is 13.2 Å². The van der Waals surface area contributed by atoms with Crippen LogP contribution in [0.15, 0.2) is 30.3 Å². The molecule has 0 aliphatic carbocycles. The van der Waals surface area contributed by atoms with E-state index in [2.05, 4.69) is 0 Å². The number of benzene rings is 1. The van der Waals surface area contributed by atoms with Crippen molar-refractivity contribution in [2.45, 2.75) is 20.0 Å². The van der Waals surface area contributed by atoms with Gasteiger partial charge in [0.1, 0.15) is 6.61 Å². The van der Waals surface area contributed by atoms with E-state index < -0.39 is 11.9 Å². The molecule has 0 amide bonds. The van der Waals surface area contributed by atoms with Crippen LogP contribution in [0.3, 0.4) is 0 Å². The van der Waals surface area contributed by atoms with Gasteiger partial charge in [0.25, 0.3) is 0 Å². The van der Waals surface area contributed by atoms with Gasteiger partial charge in [0.15, 0.2) is 5.69 Å². The first kappa shape index (κ1) is 14.8. The molecule has 0 N–H and O–H groups in total. The average molecular weight is 304 g/mol. The minimum Gasteiger partial charge on any atom is -0.414 e. The van der Waals surface area contributed by atoms with Crippen LogP contribution in [-0.2, 0) is 6.18 Å². The van der Waals surface area contributed by atoms with Gasteiger partial charge in [-0.15, -0.1) is 0 Å². The van der Waals surface area contributed by atoms with Crippen molar-refractivity contribution in [2.75, 3.05) is 6.61 Å². The molecule has 0 aliphatic heterocycles. The number of alkyl halides is 3. The fourth-order valence-corrected chi connectivity index (χ4v) is 2.16. The second-order valence-corrected chi connectivity index (χ2v) is 4.70. The lowest BCUT2D eigenvalue weighted by Gasteiger charge is -2.15. The largest absolute Gasteiger partial charge is 0.435 e. The molecule has 0 unspecified atom stereocenters. The Morgan fingerprint density at radius 1 is 1.20 bits per heavy atom. The summed E-state index contributed by atoms with van der Waals surface area (Å²) in [6, 6.07) is 7.70. The third-order valence-corrected chi connectivity index (χ3v) is 3.07. The Bertz CT molecular complexity index is 602. The third-order valence-electron chi connectivity index (χ3n) is 2.81. The highest BCUT2D eigenvalue weighted by Gasteiger charge is 2.39. The SMILES string of the molecule is CCOn1c(C)cc(-c2ccc(Cl)cc2)c1C(F)(F)F. The number of hydrogen-bond donors (Lipinski definition) is 0. The zero-order valence-electron chi connectivity index (χ0n) is 11.0. The van der Waals surface area contributed by atoms with Gasteiger partial charge in [-0.3, -0.25) is 0 Å². The topological polar surface area (TPSA) is 14.2 Å². The Balaban J connectivity index is 2.64. The number of hydrogen-bond acceptors (Lipinski definition) is 1. The van der Waals surface area contributed by atoms with Crippen molar-refractivity contribution in [2.24, 2.45) is 0 Å². The van der Waals surface area contributed by atoms with Gasteiger partial charge in [-0.25, -0.2) is 0 Å². The number of rotatable bonds is 3. The summed E-state index contributed by atoms with van der Waals surface area (Å²) in [6.45, 7) is 3.37. The van der Waals surface area contributed by atoms with Gasteiger partial charge >= 0.3 is 6.18 Å². The molecule has 0 spiro atoms. The molecular formula is C14H13ClF3NO. The van der Waals surface area contributed by atoms with Gasteiger partial charge in [-0.2, -0.15) is 17.9 Å². The van der Waals surface area contributed by atoms with Crippen LogP contribution in [0.1, 0.15) is 18.3 Å². The number of halogens is 4. The van der Waals surface area contributed by atoms with Crippen molar-refractivity contribution in [3.05, 3.63) is 46.7 Å². The van der Waals surface area contributed by atoms with Crippen LogP contribution in [0, 0.1) is 6.92 Å². The van der Waals surface area contributed by atoms with Gasteiger partial charge in [0.2, 0.25) is 0 Å². The minimum absolute atomic E-state index is 0.0834. The van der Waals surface area contributed by atoms with E-state index >= 15 is 0 Å². The summed E-state index contributed by atoms with van der Waals surface area (Å²) in [5.74, 6) is 0. The van der Waals surface area contributed by atoms with Crippen LogP contribution in [0.2, 0.25) is 5.02 Å². The molecule has 6 heteroatoms. The summed E-state index contributed by atoms with van der Waals surface area (Å²) < 4.78 is 40.7. The molecule has 20 heavy (non-hydrogen) atoms. The van der Waals surface area contributed by atoms with Gasteiger partial charge in [-0.05, 0) is 37.6 Å². The summed E-state index contributed by atoms with van der Waals surface area (Å²) in [6.07, 6.45) is -4.50. The summed E-state index contributed by atoms with van der Waals surface area (Å²) in [5.41, 5.74) is 0.117. The molecule has 0 bridgehead atoms. The fourth-order valence-electron chi connectivity index (χ4n) is 2.03. The molecule has 0 saturated carbocycles. The Labute approximate surface area is 119 Å². The monoisotopic (exact) mass is 303 g/mol. The highest BCUT2D eigenvalue weighted by atomic mass is 35.5. The minimum atomic E-state index is -4.50. The highest BCUT2D eigenvalue weighted by molar-refractivity contribution is 6.30. The van der Waals surface area contributed by atoms with Crippen molar-refractivity contribution in [1.82, 2.24) is 4.73 Å². The Hall–Kier alpha value is -1.62. The molecule has 1 heterocycles. The lowest BCUT2D eigenvalue weighted by Crippen LogP contribution is -2.21. The quantitative estimate of drug-likeness (QED) is 0.809. The molecule has 0 saturated heterocycles. The highest BCUT2D eigenvalue weighted by Crippen LogP contribution is 2.39. The van der Waals surface area contributed by atoms with Crippen LogP contribution >= 0.6 is 11.6 Å². The predicted molar refractivity (Wildman–Crippen MR) is 71.7 cm³/mol. The normalized spacial score (nSPS) is 11.7. The molecule has 0 radical (unpaired) electrons. The molecule has 108 valence electrons. The van der Waals surface area contributed by atoms with Gasteiger partial charge < -0.3 is 4.84 Å². The summed E-state index contributed by atoms with van der Waals surface area (Å²) in [5, 5.41) is 0.475. The Morgan fingerprint density at radius 2 is 1.80 bits per heavy atom. The van der Waals surface area contributed by atoms with Crippen molar-refractivity contribution < 1.29 is 18.0 Å². The predicted octanol–water partition coefficient (Wildman–Crippen LogP) is 4.58. The first-order chi connectivity index (χ1) is 9.34. The maximum absolute atomic E-state index is 13.3. The molecule has 0 atom stereocenters. The van der Waals surface area contributed by atoms with E-state index in [4.69, 9.17) is 16.4 Å². The first-order valence-electron chi connectivity index (χ1n) is 6.03. The zero-order chi connectivity index (χ0) is 14.9. The molecule has 0 aliphatic rings. The van der Waals surface area contributed by atoms with E-state index in [1.807, 2.05) is 0 Å². The molecule has 2 rings (SSSR count). The van der Waals surface area contributed by atoms with Crippen LogP contribution < -0.4 is 4.84 Å². The van der Waals surface area contributed by atoms with E-state index in [0.717, 1.165) is 4.73 Å². The molecule has 1 aromatic carbocycles. The first-order valence-corrected chi connectivity index (χ1v) is 6.41. The van der Waals surface area contributed by atoms with Crippen LogP contribution in [0.5, 0.6) is 0 Å². The number of nitrogens with zero attached hydrogens (tertiary/aromatic N) is 1. The smallest absolute Gasteiger partial charge is 0.414 e. The number of aromatic nitrogens is 1. The van der Waals surface area contributed by atoms with Crippen molar-refractivity contribution in [3.63, 3.8) is 0 Å². The third kappa shape index (κ3) is 2.77. The van der Waals surface area contributed by atoms with Crippen molar-refractivity contribution in [1.29, 1.82) is 0 Å². The summed E-state index contributed by atoms with van der Waals surface area (Å²) in [7, 11) is 0. The van der Waals surface area contributed by atoms with Crippen LogP contribution in [-0.4, -0.2) is 11.3 Å². The summed E-state index contributed by atoms with van der Waals surface area (Å²) >= 11 is 5.76. The maximum Gasteiger partial charge on any atom is 0.435 e. The Morgan fingerprint density at radius 3 is 2.30 bits per heavy atom. The molecular weight excluding hydrogens is 291 g/mol. The van der Waals surface area contributed by atoms with Crippen molar-refractivity contribution >= 4 is 11.6 Å². The van der Waals surface area contributed by atoms with Crippen LogP contribution in [0.4, 0.5) is 13.2 Å². The fraction of sp³-hybridized carbons (Fsp3) is 0.286. The molecule has 2 aromatic rings. The van der Waals surface area contributed by atoms with Crippen LogP contribution in [0.25, 0.3) is 11.1 Å². The van der Waals surface area contributed by atoms with E-state index in [1.54, 1.807) is 38.1 Å². The van der Waals surface area contributed by atoms with E-state index in [-0.39, 0.29) is 12.2 Å². The van der Waals surface area contributed by atoms with E-state index in [0.29, 0.717) is 16.3 Å². The van der Waals surface area contributed by atoms with Gasteiger partial charge in [0.05, 0.1) is 5.69 Å². The van der Waals surface area contributed by atoms with E-state index in [1.165, 1.54) is 6.07 Å². The molecule has 2 nitrogen and oxygen atoms in total. The average Bonchev–Trinajstić information content (AvgIpc) is 2.68. The second kappa shape index (κ2) is 5.40. The molecule has 1 aromatic heterocycles. The second-order valence-electron chi connectivity index (χ2n) is 4.26. The van der Waals surface area contributed by atoms with Crippen molar-refractivity contribution in [3.8, 4) is 11.1 Å². The Kier molecular flexibility index (Phi) is 3.99. The zero-order valence-corrected chi connectivity index (χ0v) is 11.7.